The van der Waals surface area contributed by atoms with Crippen LogP contribution in [0.15, 0.2) is 79.0 Å². The standard InChI is InChI=1S/C26H28N4O4/c31-24(29-23-14-8-17-28-30-23)21(22-13-7-16-27-22)15-18-34-25(32)26(33,19-9-3-1-4-10-19)20-11-5-2-6-12-20/h1-6,8-12,14,17,21-22,27,33H,7,13,15-16,18H2,(H,29,30,31)/t21?,22-/m1/s1. The second-order valence-electron chi connectivity index (χ2n) is 8.27. The number of nitrogens with zero attached hydrogens (tertiary/aromatic N) is 2. The van der Waals surface area contributed by atoms with Crippen molar-refractivity contribution in [1.29, 1.82) is 0 Å². The van der Waals surface area contributed by atoms with Crippen LogP contribution in [0.1, 0.15) is 30.4 Å². The summed E-state index contributed by atoms with van der Waals surface area (Å²) in [7, 11) is 0. The summed E-state index contributed by atoms with van der Waals surface area (Å²) in [6.07, 6.45) is 3.66. The summed E-state index contributed by atoms with van der Waals surface area (Å²) >= 11 is 0. The van der Waals surface area contributed by atoms with Crippen molar-refractivity contribution in [3.63, 3.8) is 0 Å². The van der Waals surface area contributed by atoms with Crippen LogP contribution >= 0.6 is 0 Å². The number of carbonyl (C=O) groups is 2. The molecule has 8 nitrogen and oxygen atoms in total. The molecule has 0 radical (unpaired) electrons. The Hall–Kier alpha value is -3.62. The van der Waals surface area contributed by atoms with Gasteiger partial charge in [-0.05, 0) is 49.1 Å². The van der Waals surface area contributed by atoms with Crippen LogP contribution in [0.4, 0.5) is 5.82 Å². The number of carbonyl (C=O) groups excluding carboxylic acids is 2. The van der Waals surface area contributed by atoms with E-state index in [0.29, 0.717) is 23.4 Å². The van der Waals surface area contributed by atoms with Crippen LogP contribution < -0.4 is 10.6 Å². The van der Waals surface area contributed by atoms with Gasteiger partial charge in [0.05, 0.1) is 12.5 Å². The summed E-state index contributed by atoms with van der Waals surface area (Å²) in [4.78, 5) is 26.2. The molecule has 3 N–H and O–H groups in total. The molecule has 1 aliphatic rings. The first-order valence-corrected chi connectivity index (χ1v) is 11.4. The van der Waals surface area contributed by atoms with E-state index in [1.165, 1.54) is 6.20 Å². The lowest BCUT2D eigenvalue weighted by Crippen LogP contribution is -2.41. The van der Waals surface area contributed by atoms with E-state index < -0.39 is 17.5 Å². The molecular weight excluding hydrogens is 432 g/mol. The molecule has 8 heteroatoms. The van der Waals surface area contributed by atoms with Crippen LogP contribution in [0, 0.1) is 5.92 Å². The molecule has 2 aromatic carbocycles. The van der Waals surface area contributed by atoms with Crippen LogP contribution in [0.2, 0.25) is 0 Å². The van der Waals surface area contributed by atoms with Gasteiger partial charge in [0.1, 0.15) is 0 Å². The molecule has 0 saturated carbocycles. The molecule has 1 amide bonds. The molecule has 1 unspecified atom stereocenters. The molecule has 1 aromatic heterocycles. The fourth-order valence-electron chi connectivity index (χ4n) is 4.30. The Morgan fingerprint density at radius 3 is 2.29 bits per heavy atom. The van der Waals surface area contributed by atoms with Gasteiger partial charge in [-0.2, -0.15) is 5.10 Å². The van der Waals surface area contributed by atoms with Gasteiger partial charge in [-0.15, -0.1) is 5.10 Å². The maximum atomic E-state index is 13.2. The van der Waals surface area contributed by atoms with E-state index in [9.17, 15) is 14.7 Å². The molecular formula is C26H28N4O4. The Kier molecular flexibility index (Phi) is 7.61. The van der Waals surface area contributed by atoms with Gasteiger partial charge >= 0.3 is 5.97 Å². The smallest absolute Gasteiger partial charge is 0.347 e. The third kappa shape index (κ3) is 5.30. The average Bonchev–Trinajstić information content (AvgIpc) is 3.42. The number of esters is 1. The Labute approximate surface area is 198 Å². The molecule has 3 aromatic rings. The number of nitrogens with one attached hydrogen (secondary N) is 2. The van der Waals surface area contributed by atoms with Crippen LogP contribution in [0.3, 0.4) is 0 Å². The summed E-state index contributed by atoms with van der Waals surface area (Å²) < 4.78 is 5.58. The van der Waals surface area contributed by atoms with Crippen molar-refractivity contribution < 1.29 is 19.4 Å². The predicted octanol–water partition coefficient (Wildman–Crippen LogP) is 2.65. The van der Waals surface area contributed by atoms with E-state index in [0.717, 1.165) is 19.4 Å². The van der Waals surface area contributed by atoms with Gasteiger partial charge in [-0.1, -0.05) is 60.7 Å². The van der Waals surface area contributed by atoms with Crippen molar-refractivity contribution in [2.75, 3.05) is 18.5 Å². The number of hydrogen-bond donors (Lipinski definition) is 3. The summed E-state index contributed by atoms with van der Waals surface area (Å²) in [5.41, 5.74) is -1.12. The highest BCUT2D eigenvalue weighted by atomic mass is 16.5. The number of anilines is 1. The van der Waals surface area contributed by atoms with Gasteiger partial charge in [0.2, 0.25) is 11.5 Å². The molecule has 0 bridgehead atoms. The number of aliphatic hydroxyl groups is 1. The number of hydrogen-bond acceptors (Lipinski definition) is 7. The van der Waals surface area contributed by atoms with Crippen LogP contribution in [0.5, 0.6) is 0 Å². The lowest BCUT2D eigenvalue weighted by molar-refractivity contribution is -0.163. The highest BCUT2D eigenvalue weighted by Crippen LogP contribution is 2.31. The van der Waals surface area contributed by atoms with Crippen LogP contribution in [0.25, 0.3) is 0 Å². The molecule has 0 aliphatic carbocycles. The number of rotatable bonds is 9. The molecule has 1 fully saturated rings. The Bertz CT molecular complexity index is 1030. The van der Waals surface area contributed by atoms with Gasteiger partial charge in [-0.3, -0.25) is 4.79 Å². The minimum atomic E-state index is -1.95. The first-order chi connectivity index (χ1) is 16.6. The molecule has 2 heterocycles. The fourth-order valence-corrected chi connectivity index (χ4v) is 4.30. The lowest BCUT2D eigenvalue weighted by Gasteiger charge is -2.28. The van der Waals surface area contributed by atoms with E-state index in [4.69, 9.17) is 4.74 Å². The van der Waals surface area contributed by atoms with Gasteiger partial charge in [0, 0.05) is 12.2 Å². The molecule has 2 atom stereocenters. The minimum absolute atomic E-state index is 0.0163. The number of ether oxygens (including phenoxy) is 1. The summed E-state index contributed by atoms with van der Waals surface area (Å²) in [5.74, 6) is -1.05. The zero-order valence-electron chi connectivity index (χ0n) is 18.8. The third-order valence-corrected chi connectivity index (χ3v) is 6.09. The zero-order chi connectivity index (χ0) is 23.8. The Morgan fingerprint density at radius 1 is 1.06 bits per heavy atom. The molecule has 0 spiro atoms. The highest BCUT2D eigenvalue weighted by molar-refractivity contribution is 5.92. The predicted molar refractivity (Wildman–Crippen MR) is 127 cm³/mol. The van der Waals surface area contributed by atoms with Gasteiger partial charge in [0.15, 0.2) is 5.82 Å². The zero-order valence-corrected chi connectivity index (χ0v) is 18.8. The van der Waals surface area contributed by atoms with Gasteiger partial charge in [-0.25, -0.2) is 4.79 Å². The first kappa shape index (κ1) is 23.5. The second kappa shape index (κ2) is 11.0. The number of benzene rings is 2. The Balaban J connectivity index is 1.47. The van der Waals surface area contributed by atoms with Crippen LogP contribution in [-0.4, -0.2) is 46.4 Å². The monoisotopic (exact) mass is 460 g/mol. The summed E-state index contributed by atoms with van der Waals surface area (Å²) in [6, 6.07) is 20.8. The average molecular weight is 461 g/mol. The van der Waals surface area contributed by atoms with E-state index in [-0.39, 0.29) is 18.6 Å². The van der Waals surface area contributed by atoms with Crippen molar-refractivity contribution in [3.8, 4) is 0 Å². The molecule has 176 valence electrons. The quantitative estimate of drug-likeness (QED) is 0.421. The SMILES string of the molecule is O=C(Nc1cccnn1)C(CCOC(=O)C(O)(c1ccccc1)c1ccccc1)[C@H]1CCCN1. The van der Waals surface area contributed by atoms with Gasteiger partial charge < -0.3 is 20.5 Å². The van der Waals surface area contributed by atoms with Crippen molar-refractivity contribution in [1.82, 2.24) is 15.5 Å². The van der Waals surface area contributed by atoms with E-state index in [1.54, 1.807) is 60.7 Å². The molecule has 1 aliphatic heterocycles. The third-order valence-electron chi connectivity index (χ3n) is 6.09. The van der Waals surface area contributed by atoms with E-state index in [1.807, 2.05) is 12.1 Å². The van der Waals surface area contributed by atoms with Crippen molar-refractivity contribution >= 4 is 17.7 Å². The summed E-state index contributed by atoms with van der Waals surface area (Å²) in [5, 5.41) is 25.4. The fraction of sp³-hybridized carbons (Fsp3) is 0.308. The van der Waals surface area contributed by atoms with Crippen molar-refractivity contribution in [2.45, 2.75) is 30.9 Å². The minimum Gasteiger partial charge on any atom is -0.463 e. The van der Waals surface area contributed by atoms with E-state index in [2.05, 4.69) is 20.8 Å². The molecule has 4 rings (SSSR count). The molecule has 1 saturated heterocycles. The van der Waals surface area contributed by atoms with Crippen molar-refractivity contribution in [2.24, 2.45) is 5.92 Å². The molecule has 34 heavy (non-hydrogen) atoms. The second-order valence-corrected chi connectivity index (χ2v) is 8.27. The summed E-state index contributed by atoms with van der Waals surface area (Å²) in [6.45, 7) is 0.818. The highest BCUT2D eigenvalue weighted by Gasteiger charge is 2.42. The topological polar surface area (TPSA) is 113 Å². The lowest BCUT2D eigenvalue weighted by atomic mass is 9.86. The van der Waals surface area contributed by atoms with Crippen LogP contribution in [-0.2, 0) is 19.9 Å². The van der Waals surface area contributed by atoms with Crippen molar-refractivity contribution in [3.05, 3.63) is 90.1 Å². The van der Waals surface area contributed by atoms with Gasteiger partial charge in [0.25, 0.3) is 0 Å². The maximum absolute atomic E-state index is 13.2. The number of aromatic nitrogens is 2. The normalized spacial score (nSPS) is 16.6. The maximum Gasteiger partial charge on any atom is 0.347 e. The van der Waals surface area contributed by atoms with E-state index >= 15 is 0 Å². The first-order valence-electron chi connectivity index (χ1n) is 11.4. The largest absolute Gasteiger partial charge is 0.463 e. The number of amides is 1. The Morgan fingerprint density at radius 2 is 1.74 bits per heavy atom.